The van der Waals surface area contributed by atoms with Crippen LogP contribution in [-0.4, -0.2) is 4.57 Å². The molecule has 0 saturated heterocycles. The molecule has 244 valence electrons. The van der Waals surface area contributed by atoms with Crippen LogP contribution in [0.1, 0.15) is 25.0 Å². The maximum atomic E-state index is 2.45. The molecule has 0 spiro atoms. The maximum absolute atomic E-state index is 2.45. The van der Waals surface area contributed by atoms with Crippen LogP contribution in [0, 0.1) is 0 Å². The topological polar surface area (TPSA) is 4.93 Å². The number of aromatic nitrogens is 1. The molecule has 10 aromatic rings. The van der Waals surface area contributed by atoms with Gasteiger partial charge in [-0.05, 0) is 119 Å². The number of para-hydroxylation sites is 1. The highest BCUT2D eigenvalue weighted by Crippen LogP contribution is 2.50. The molecule has 0 amide bonds. The summed E-state index contributed by atoms with van der Waals surface area (Å²) in [6.07, 6.45) is 0. The Balaban J connectivity index is 1.15. The number of nitrogens with zero attached hydrogens (tertiary/aromatic N) is 1. The van der Waals surface area contributed by atoms with Crippen LogP contribution in [0.5, 0.6) is 0 Å². The van der Waals surface area contributed by atoms with Gasteiger partial charge < -0.3 is 4.57 Å². The Bertz CT molecular complexity index is 3090. The number of hydrogen-bond donors (Lipinski definition) is 0. The third kappa shape index (κ3) is 4.11. The van der Waals surface area contributed by atoms with Crippen LogP contribution in [-0.2, 0) is 5.41 Å². The third-order valence-electron chi connectivity index (χ3n) is 11.8. The van der Waals surface area contributed by atoms with Crippen LogP contribution in [0.25, 0.3) is 93.2 Å². The van der Waals surface area contributed by atoms with Crippen molar-refractivity contribution >= 4 is 54.1 Å². The van der Waals surface area contributed by atoms with Gasteiger partial charge in [0.1, 0.15) is 0 Å². The summed E-state index contributed by atoms with van der Waals surface area (Å²) in [5.74, 6) is 0. The highest BCUT2D eigenvalue weighted by molar-refractivity contribution is 6.29. The van der Waals surface area contributed by atoms with Gasteiger partial charge in [0.15, 0.2) is 0 Å². The number of hydrogen-bond acceptors (Lipinski definition) is 0. The summed E-state index contributed by atoms with van der Waals surface area (Å²) >= 11 is 0. The molecule has 0 fully saturated rings. The average Bonchev–Trinajstić information content (AvgIpc) is 3.65. The lowest BCUT2D eigenvalue weighted by Crippen LogP contribution is -2.14. The fourth-order valence-electron chi connectivity index (χ4n) is 9.21. The predicted octanol–water partition coefficient (Wildman–Crippen LogP) is 13.9. The second-order valence-electron chi connectivity index (χ2n) is 14.9. The van der Waals surface area contributed by atoms with Crippen LogP contribution in [0.15, 0.2) is 176 Å². The molecular weight excluding hydrogens is 627 g/mol. The van der Waals surface area contributed by atoms with E-state index in [1.54, 1.807) is 0 Å². The van der Waals surface area contributed by atoms with Gasteiger partial charge in [-0.1, -0.05) is 147 Å². The summed E-state index contributed by atoms with van der Waals surface area (Å²) in [7, 11) is 0. The minimum atomic E-state index is -0.0326. The SMILES string of the molecule is CC1(C)c2ccccc2-c2ccc(-c3ccc4c(c3)c3ccccc3c3cc5c(cc43)c3ccccc3n5-c3cccc(-c4ccccc4)c3)cc21. The average molecular weight is 662 g/mol. The summed E-state index contributed by atoms with van der Waals surface area (Å²) in [6, 6.07) is 65.4. The zero-order chi connectivity index (χ0) is 34.6. The maximum Gasteiger partial charge on any atom is 0.0547 e. The lowest BCUT2D eigenvalue weighted by molar-refractivity contribution is 0.660. The van der Waals surface area contributed by atoms with Crippen LogP contribution in [0.4, 0.5) is 0 Å². The van der Waals surface area contributed by atoms with E-state index in [2.05, 4.69) is 194 Å². The van der Waals surface area contributed by atoms with E-state index in [0.717, 1.165) is 0 Å². The van der Waals surface area contributed by atoms with Gasteiger partial charge in [-0.15, -0.1) is 0 Å². The van der Waals surface area contributed by atoms with E-state index in [-0.39, 0.29) is 5.41 Å². The number of fused-ring (bicyclic) bond motifs is 12. The van der Waals surface area contributed by atoms with Crippen molar-refractivity contribution in [2.24, 2.45) is 0 Å². The fourth-order valence-corrected chi connectivity index (χ4v) is 9.21. The molecule has 0 radical (unpaired) electrons. The number of benzene rings is 9. The molecule has 52 heavy (non-hydrogen) atoms. The molecule has 0 atom stereocenters. The smallest absolute Gasteiger partial charge is 0.0547 e. The Morgan fingerprint density at radius 3 is 1.77 bits per heavy atom. The van der Waals surface area contributed by atoms with E-state index < -0.39 is 0 Å². The Morgan fingerprint density at radius 1 is 0.327 bits per heavy atom. The van der Waals surface area contributed by atoms with Crippen molar-refractivity contribution in [2.45, 2.75) is 19.3 Å². The van der Waals surface area contributed by atoms with E-state index >= 15 is 0 Å². The molecule has 0 N–H and O–H groups in total. The Morgan fingerprint density at radius 2 is 0.923 bits per heavy atom. The molecule has 11 rings (SSSR count). The summed E-state index contributed by atoms with van der Waals surface area (Å²) in [5, 5.41) is 10.3. The van der Waals surface area contributed by atoms with Crippen LogP contribution < -0.4 is 0 Å². The first kappa shape index (κ1) is 29.3. The molecule has 1 aliphatic carbocycles. The second kappa shape index (κ2) is 10.8. The molecule has 0 aliphatic heterocycles. The van der Waals surface area contributed by atoms with Crippen LogP contribution >= 0.6 is 0 Å². The van der Waals surface area contributed by atoms with Gasteiger partial charge in [-0.3, -0.25) is 0 Å². The van der Waals surface area contributed by atoms with E-state index in [1.807, 2.05) is 0 Å². The molecule has 1 aromatic heterocycles. The number of rotatable bonds is 3. The molecule has 1 nitrogen and oxygen atoms in total. The molecule has 1 heterocycles. The zero-order valence-electron chi connectivity index (χ0n) is 29.2. The van der Waals surface area contributed by atoms with E-state index in [0.29, 0.717) is 0 Å². The van der Waals surface area contributed by atoms with Gasteiger partial charge in [0.2, 0.25) is 0 Å². The predicted molar refractivity (Wildman–Crippen MR) is 222 cm³/mol. The minimum Gasteiger partial charge on any atom is -0.309 e. The van der Waals surface area contributed by atoms with E-state index in [9.17, 15) is 0 Å². The quantitative estimate of drug-likeness (QED) is 0.166. The Labute approximate surface area is 303 Å². The summed E-state index contributed by atoms with van der Waals surface area (Å²) in [5.41, 5.74) is 14.1. The largest absolute Gasteiger partial charge is 0.309 e. The highest BCUT2D eigenvalue weighted by atomic mass is 15.0. The third-order valence-corrected chi connectivity index (χ3v) is 11.8. The van der Waals surface area contributed by atoms with Gasteiger partial charge in [-0.2, -0.15) is 0 Å². The van der Waals surface area contributed by atoms with Crippen molar-refractivity contribution in [2.75, 3.05) is 0 Å². The zero-order valence-corrected chi connectivity index (χ0v) is 29.2. The van der Waals surface area contributed by atoms with Crippen molar-refractivity contribution in [1.29, 1.82) is 0 Å². The first-order chi connectivity index (χ1) is 25.5. The lowest BCUT2D eigenvalue weighted by atomic mass is 9.81. The van der Waals surface area contributed by atoms with Gasteiger partial charge in [0.25, 0.3) is 0 Å². The lowest BCUT2D eigenvalue weighted by Gasteiger charge is -2.22. The van der Waals surface area contributed by atoms with Gasteiger partial charge in [-0.25, -0.2) is 0 Å². The van der Waals surface area contributed by atoms with Crippen molar-refractivity contribution in [3.8, 4) is 39.1 Å². The molecule has 0 saturated carbocycles. The Hall–Kier alpha value is -6.44. The van der Waals surface area contributed by atoms with Crippen LogP contribution in [0.3, 0.4) is 0 Å². The van der Waals surface area contributed by atoms with E-state index in [1.165, 1.54) is 104 Å². The van der Waals surface area contributed by atoms with Crippen molar-refractivity contribution in [1.82, 2.24) is 4.57 Å². The van der Waals surface area contributed by atoms with Crippen molar-refractivity contribution in [3.05, 3.63) is 187 Å². The normalized spacial score (nSPS) is 13.3. The molecule has 9 aromatic carbocycles. The van der Waals surface area contributed by atoms with Crippen molar-refractivity contribution < 1.29 is 0 Å². The summed E-state index contributed by atoms with van der Waals surface area (Å²) < 4.78 is 2.45. The first-order valence-electron chi connectivity index (χ1n) is 18.3. The standard InChI is InChI=1S/C51H35N/c1-51(2)47-21-10-8-19-40(47)41-26-24-35(29-48(41)51)34-23-25-39-43(28-34)37-17-6-7-18-38(37)45-31-50-46(30-44(39)45)42-20-9-11-22-49(42)52(50)36-16-12-15-33(27-36)32-13-4-3-5-14-32/h3-31H,1-2H3. The molecule has 1 heteroatoms. The Kier molecular flexibility index (Phi) is 6.08. The summed E-state index contributed by atoms with van der Waals surface area (Å²) in [6.45, 7) is 4.72. The monoisotopic (exact) mass is 661 g/mol. The highest BCUT2D eigenvalue weighted by Gasteiger charge is 2.35. The summed E-state index contributed by atoms with van der Waals surface area (Å²) in [4.78, 5) is 0. The molecule has 0 bridgehead atoms. The van der Waals surface area contributed by atoms with Gasteiger partial charge in [0.05, 0.1) is 11.0 Å². The molecule has 1 aliphatic rings. The van der Waals surface area contributed by atoms with E-state index in [4.69, 9.17) is 0 Å². The fraction of sp³-hybridized carbons (Fsp3) is 0.0588. The molecule has 0 unspecified atom stereocenters. The van der Waals surface area contributed by atoms with Gasteiger partial charge >= 0.3 is 0 Å². The van der Waals surface area contributed by atoms with Crippen molar-refractivity contribution in [3.63, 3.8) is 0 Å². The molecular formula is C51H35N. The second-order valence-corrected chi connectivity index (χ2v) is 14.9. The van der Waals surface area contributed by atoms with Gasteiger partial charge in [0, 0.05) is 21.9 Å². The van der Waals surface area contributed by atoms with Crippen LogP contribution in [0.2, 0.25) is 0 Å². The first-order valence-corrected chi connectivity index (χ1v) is 18.3. The minimum absolute atomic E-state index is 0.0326.